The zero-order valence-electron chi connectivity index (χ0n) is 18.9. The smallest absolute Gasteiger partial charge is 0.246 e. The molecule has 166 valence electrons. The molecule has 32 heavy (non-hydrogen) atoms. The highest BCUT2D eigenvalue weighted by Gasteiger charge is 2.48. The van der Waals surface area contributed by atoms with E-state index in [-0.39, 0.29) is 24.4 Å². The van der Waals surface area contributed by atoms with Crippen molar-refractivity contribution in [3.63, 3.8) is 0 Å². The summed E-state index contributed by atoms with van der Waals surface area (Å²) in [7, 11) is 0. The summed E-state index contributed by atoms with van der Waals surface area (Å²) >= 11 is 0. The maximum Gasteiger partial charge on any atom is 0.246 e. The van der Waals surface area contributed by atoms with Crippen molar-refractivity contribution in [2.45, 2.75) is 58.0 Å². The number of piperazine rings is 1. The fourth-order valence-electron chi connectivity index (χ4n) is 5.46. The Balaban J connectivity index is 1.58. The topological polar surface area (TPSA) is 56.4 Å². The number of fused-ring (bicyclic) bond motifs is 4. The number of carbonyl (C=O) groups is 2. The lowest BCUT2D eigenvalue weighted by Gasteiger charge is -2.47. The van der Waals surface area contributed by atoms with Gasteiger partial charge in [-0.1, -0.05) is 68.7 Å². The number of para-hydroxylation sites is 1. The van der Waals surface area contributed by atoms with Gasteiger partial charge in [0.2, 0.25) is 11.8 Å². The summed E-state index contributed by atoms with van der Waals surface area (Å²) in [6.07, 6.45) is 4.95. The van der Waals surface area contributed by atoms with Crippen LogP contribution in [0.1, 0.15) is 61.0 Å². The van der Waals surface area contributed by atoms with Gasteiger partial charge in [0.25, 0.3) is 0 Å². The molecule has 2 aliphatic rings. The first kappa shape index (κ1) is 20.8. The fraction of sp³-hybridized carbons (Fsp3) is 0.407. The van der Waals surface area contributed by atoms with Crippen LogP contribution in [-0.2, 0) is 16.0 Å². The Labute approximate surface area is 189 Å². The van der Waals surface area contributed by atoms with E-state index in [0.29, 0.717) is 13.0 Å². The highest BCUT2D eigenvalue weighted by Crippen LogP contribution is 2.43. The Morgan fingerprint density at radius 1 is 1.00 bits per heavy atom. The van der Waals surface area contributed by atoms with Crippen molar-refractivity contribution < 1.29 is 9.59 Å². The van der Waals surface area contributed by atoms with Crippen LogP contribution in [0.25, 0.3) is 10.9 Å². The molecule has 1 aromatic heterocycles. The van der Waals surface area contributed by atoms with Gasteiger partial charge in [-0.3, -0.25) is 9.59 Å². The molecule has 5 heteroatoms. The number of nitrogens with zero attached hydrogens (tertiary/aromatic N) is 2. The van der Waals surface area contributed by atoms with Gasteiger partial charge in [-0.05, 0) is 36.1 Å². The van der Waals surface area contributed by atoms with Gasteiger partial charge in [-0.15, -0.1) is 0 Å². The Hall–Kier alpha value is -3.08. The number of H-pyrrole nitrogens is 1. The van der Waals surface area contributed by atoms with Crippen molar-refractivity contribution in [2.24, 2.45) is 0 Å². The van der Waals surface area contributed by atoms with Crippen molar-refractivity contribution in [3.8, 4) is 0 Å². The van der Waals surface area contributed by atoms with Gasteiger partial charge in [0.05, 0.1) is 12.6 Å². The first-order valence-corrected chi connectivity index (χ1v) is 11.8. The summed E-state index contributed by atoms with van der Waals surface area (Å²) in [5.41, 5.74) is 5.50. The minimum absolute atomic E-state index is 0.0441. The molecule has 2 aliphatic heterocycles. The third kappa shape index (κ3) is 3.40. The van der Waals surface area contributed by atoms with E-state index in [2.05, 4.69) is 43.1 Å². The van der Waals surface area contributed by atoms with Crippen molar-refractivity contribution in [2.75, 3.05) is 13.1 Å². The molecule has 5 nitrogen and oxygen atoms in total. The molecular formula is C27H31N3O2. The number of hydrogen-bond donors (Lipinski definition) is 1. The number of aromatic amines is 1. The van der Waals surface area contributed by atoms with Gasteiger partial charge in [-0.2, -0.15) is 0 Å². The number of hydrogen-bond acceptors (Lipinski definition) is 2. The van der Waals surface area contributed by atoms with Gasteiger partial charge in [0.1, 0.15) is 6.04 Å². The van der Waals surface area contributed by atoms with Gasteiger partial charge in [0, 0.05) is 29.6 Å². The van der Waals surface area contributed by atoms with Crippen molar-refractivity contribution in [1.82, 2.24) is 14.8 Å². The summed E-state index contributed by atoms with van der Waals surface area (Å²) in [5.74, 6) is 0.137. The monoisotopic (exact) mass is 429 g/mol. The lowest BCUT2D eigenvalue weighted by atomic mass is 9.85. The number of amides is 2. The molecule has 5 rings (SSSR count). The Morgan fingerprint density at radius 2 is 1.78 bits per heavy atom. The standard InChI is InChI=1S/C27H31N3O2/c1-3-4-5-10-15-29-17-24(31)30-23(27(29)32)16-21-20-13-8-9-14-22(20)28-25(21)26(30)19-12-7-6-11-18(19)2/h6-9,11-14,23,26,28H,3-5,10,15-17H2,1-2H3. The van der Waals surface area contributed by atoms with Gasteiger partial charge < -0.3 is 14.8 Å². The number of carbonyl (C=O) groups excluding carboxylic acids is 2. The van der Waals surface area contributed by atoms with E-state index >= 15 is 0 Å². The van der Waals surface area contributed by atoms with E-state index < -0.39 is 6.04 Å². The summed E-state index contributed by atoms with van der Waals surface area (Å²) in [6, 6.07) is 15.8. The van der Waals surface area contributed by atoms with Crippen LogP contribution in [0.15, 0.2) is 48.5 Å². The molecule has 1 N–H and O–H groups in total. The minimum atomic E-state index is -0.446. The van der Waals surface area contributed by atoms with Crippen LogP contribution in [0.2, 0.25) is 0 Å². The van der Waals surface area contributed by atoms with Gasteiger partial charge in [0.15, 0.2) is 0 Å². The summed E-state index contributed by atoms with van der Waals surface area (Å²) < 4.78 is 0. The van der Waals surface area contributed by atoms with Crippen molar-refractivity contribution in [1.29, 1.82) is 0 Å². The third-order valence-electron chi connectivity index (χ3n) is 7.11. The number of aromatic nitrogens is 1. The normalized spacial score (nSPS) is 20.6. The number of benzene rings is 2. The molecule has 0 bridgehead atoms. The fourth-order valence-corrected chi connectivity index (χ4v) is 5.46. The Bertz CT molecular complexity index is 1160. The first-order valence-electron chi connectivity index (χ1n) is 11.8. The third-order valence-corrected chi connectivity index (χ3v) is 7.11. The number of rotatable bonds is 6. The van der Waals surface area contributed by atoms with E-state index in [1.165, 1.54) is 12.0 Å². The lowest BCUT2D eigenvalue weighted by Crippen LogP contribution is -2.63. The molecule has 3 heterocycles. The zero-order chi connectivity index (χ0) is 22.2. The average molecular weight is 430 g/mol. The molecule has 0 spiro atoms. The lowest BCUT2D eigenvalue weighted by molar-refractivity contribution is -0.158. The van der Waals surface area contributed by atoms with E-state index in [4.69, 9.17) is 0 Å². The zero-order valence-corrected chi connectivity index (χ0v) is 18.9. The van der Waals surface area contributed by atoms with E-state index in [1.807, 2.05) is 29.2 Å². The van der Waals surface area contributed by atoms with Crippen LogP contribution in [0.5, 0.6) is 0 Å². The molecule has 2 atom stereocenters. The Morgan fingerprint density at radius 3 is 2.59 bits per heavy atom. The Kier molecular flexibility index (Phi) is 5.50. The predicted molar refractivity (Wildman–Crippen MR) is 126 cm³/mol. The summed E-state index contributed by atoms with van der Waals surface area (Å²) in [5, 5.41) is 1.15. The maximum absolute atomic E-state index is 13.6. The molecular weight excluding hydrogens is 398 g/mol. The van der Waals surface area contributed by atoms with Crippen LogP contribution >= 0.6 is 0 Å². The molecule has 2 unspecified atom stereocenters. The molecule has 1 saturated heterocycles. The number of aryl methyl sites for hydroxylation is 1. The molecule has 1 fully saturated rings. The predicted octanol–water partition coefficient (Wildman–Crippen LogP) is 4.74. The second-order valence-corrected chi connectivity index (χ2v) is 9.16. The quantitative estimate of drug-likeness (QED) is 0.576. The molecule has 0 radical (unpaired) electrons. The number of unbranched alkanes of at least 4 members (excludes halogenated alkanes) is 3. The van der Waals surface area contributed by atoms with Crippen molar-refractivity contribution in [3.05, 3.63) is 70.9 Å². The van der Waals surface area contributed by atoms with E-state index in [9.17, 15) is 9.59 Å². The maximum atomic E-state index is 13.6. The SMILES string of the molecule is CCCCCCN1CC(=O)N2C(Cc3c([nH]c4ccccc34)C2c2ccccc2C)C1=O. The molecule has 0 aliphatic carbocycles. The van der Waals surface area contributed by atoms with E-state index in [1.54, 1.807) is 4.90 Å². The second kappa shape index (κ2) is 8.45. The van der Waals surface area contributed by atoms with Gasteiger partial charge in [-0.25, -0.2) is 0 Å². The number of nitrogens with one attached hydrogen (secondary N) is 1. The van der Waals surface area contributed by atoms with Crippen LogP contribution in [0, 0.1) is 6.92 Å². The first-order chi connectivity index (χ1) is 15.6. The van der Waals surface area contributed by atoms with Crippen LogP contribution in [0.4, 0.5) is 0 Å². The minimum Gasteiger partial charge on any atom is -0.356 e. The molecule has 0 saturated carbocycles. The molecule has 2 amide bonds. The average Bonchev–Trinajstić information content (AvgIpc) is 3.17. The summed E-state index contributed by atoms with van der Waals surface area (Å²) in [6.45, 7) is 5.11. The van der Waals surface area contributed by atoms with Crippen molar-refractivity contribution >= 4 is 22.7 Å². The largest absolute Gasteiger partial charge is 0.356 e. The summed E-state index contributed by atoms with van der Waals surface area (Å²) in [4.78, 5) is 34.4. The molecule has 2 aromatic carbocycles. The van der Waals surface area contributed by atoms with E-state index in [0.717, 1.165) is 47.0 Å². The van der Waals surface area contributed by atoms with Crippen LogP contribution in [-0.4, -0.2) is 45.7 Å². The second-order valence-electron chi connectivity index (χ2n) is 9.16. The van der Waals surface area contributed by atoms with Crippen LogP contribution in [0.3, 0.4) is 0 Å². The highest BCUT2D eigenvalue weighted by atomic mass is 16.2. The van der Waals surface area contributed by atoms with Gasteiger partial charge >= 0.3 is 0 Å². The highest BCUT2D eigenvalue weighted by molar-refractivity contribution is 5.97. The van der Waals surface area contributed by atoms with Crippen LogP contribution < -0.4 is 0 Å². The molecule has 3 aromatic rings.